The summed E-state index contributed by atoms with van der Waals surface area (Å²) in [5.74, 6) is -0.311. The number of hydrogen-bond acceptors (Lipinski definition) is 3. The number of carbonyl (C=O) groups is 1. The Hall–Kier alpha value is -2.31. The van der Waals surface area contributed by atoms with Gasteiger partial charge in [-0.3, -0.25) is 4.79 Å². The van der Waals surface area contributed by atoms with Gasteiger partial charge in [0.1, 0.15) is 6.17 Å². The molecule has 1 amide bonds. The van der Waals surface area contributed by atoms with Gasteiger partial charge < -0.3 is 4.90 Å². The van der Waals surface area contributed by atoms with Crippen LogP contribution in [0, 0.1) is 0 Å². The van der Waals surface area contributed by atoms with Crippen molar-refractivity contribution in [3.05, 3.63) is 47.5 Å². The zero-order valence-corrected chi connectivity index (χ0v) is 11.7. The lowest BCUT2D eigenvalue weighted by atomic mass is 10.0. The van der Waals surface area contributed by atoms with E-state index in [-0.39, 0.29) is 37.2 Å². The Balaban J connectivity index is 1.64. The van der Waals surface area contributed by atoms with Crippen LogP contribution in [0.25, 0.3) is 0 Å². The Morgan fingerprint density at radius 2 is 1.91 bits per heavy atom. The van der Waals surface area contributed by atoms with Crippen LogP contribution in [0.15, 0.2) is 30.3 Å². The van der Waals surface area contributed by atoms with Crippen LogP contribution in [-0.4, -0.2) is 44.8 Å². The van der Waals surface area contributed by atoms with E-state index in [2.05, 4.69) is 10.1 Å². The lowest BCUT2D eigenvalue weighted by Gasteiger charge is -2.33. The third kappa shape index (κ3) is 2.00. The number of carbonyl (C=O) groups excluding carboxylic acids is 1. The highest BCUT2D eigenvalue weighted by Crippen LogP contribution is 2.39. The molecule has 4 rings (SSSR count). The van der Waals surface area contributed by atoms with E-state index in [9.17, 15) is 13.6 Å². The van der Waals surface area contributed by atoms with Gasteiger partial charge in [-0.05, 0) is 5.56 Å². The summed E-state index contributed by atoms with van der Waals surface area (Å²) in [6.45, 7) is 0.119. The van der Waals surface area contributed by atoms with E-state index in [1.54, 1.807) is 0 Å². The maximum absolute atomic E-state index is 14.2. The molecule has 0 spiro atoms. The average Bonchev–Trinajstić information content (AvgIpc) is 3.05. The molecule has 0 aliphatic carbocycles. The second-order valence-corrected chi connectivity index (χ2v) is 5.68. The number of nitrogens with zero attached hydrogens (tertiary/aromatic N) is 4. The number of likely N-dealkylation sites (tertiary alicyclic amines) is 1. The summed E-state index contributed by atoms with van der Waals surface area (Å²) in [5.41, 5.74) is 0.931. The van der Waals surface area contributed by atoms with Gasteiger partial charge in [-0.2, -0.15) is 0 Å². The van der Waals surface area contributed by atoms with Crippen molar-refractivity contribution in [2.24, 2.45) is 0 Å². The summed E-state index contributed by atoms with van der Waals surface area (Å²) in [6, 6.07) is 9.19. The first kappa shape index (κ1) is 13.4. The van der Waals surface area contributed by atoms with E-state index in [1.165, 1.54) is 9.58 Å². The lowest BCUT2D eigenvalue weighted by Crippen LogP contribution is -2.51. The molecular weight excluding hydrogens is 290 g/mol. The maximum atomic E-state index is 14.2. The van der Waals surface area contributed by atoms with Gasteiger partial charge in [0, 0.05) is 6.42 Å². The highest BCUT2D eigenvalue weighted by atomic mass is 19.1. The van der Waals surface area contributed by atoms with Crippen LogP contribution in [0.2, 0.25) is 0 Å². The van der Waals surface area contributed by atoms with Crippen molar-refractivity contribution in [3.63, 3.8) is 0 Å². The molecule has 1 aromatic carbocycles. The number of benzene rings is 1. The number of alkyl halides is 2. The Labute approximate surface area is 125 Å². The quantitative estimate of drug-likeness (QED) is 0.853. The molecule has 0 saturated carbocycles. The fourth-order valence-corrected chi connectivity index (χ4v) is 2.95. The first-order chi connectivity index (χ1) is 10.6. The summed E-state index contributed by atoms with van der Waals surface area (Å²) in [6.07, 6.45) is -1.96. The first-order valence-electron chi connectivity index (χ1n) is 7.22. The predicted molar refractivity (Wildman–Crippen MR) is 73.9 cm³/mol. The fraction of sp³-hybridized carbons (Fsp3) is 0.400. The molecule has 114 valence electrons. The molecular formula is C15H14F2N4O. The number of fused-ring (bicyclic) bond motifs is 1. The molecule has 2 aliphatic heterocycles. The summed E-state index contributed by atoms with van der Waals surface area (Å²) >= 11 is 0. The molecule has 0 radical (unpaired) electrons. The van der Waals surface area contributed by atoms with Crippen molar-refractivity contribution < 1.29 is 13.6 Å². The molecule has 2 atom stereocenters. The standard InChI is InChI=1S/C15H14F2N4O/c16-10-7-20(8-10)15(22)13-18-14-11(17)6-12(21(14)19-13)9-4-2-1-3-5-9/h1-5,10-12H,6-8H2/t11-,12-/m1/s1. The van der Waals surface area contributed by atoms with Gasteiger partial charge in [-0.1, -0.05) is 30.3 Å². The fourth-order valence-electron chi connectivity index (χ4n) is 2.95. The summed E-state index contributed by atoms with van der Waals surface area (Å²) in [7, 11) is 0. The van der Waals surface area contributed by atoms with Crippen molar-refractivity contribution in [2.45, 2.75) is 24.8 Å². The molecule has 5 nitrogen and oxygen atoms in total. The van der Waals surface area contributed by atoms with E-state index >= 15 is 0 Å². The number of hydrogen-bond donors (Lipinski definition) is 0. The van der Waals surface area contributed by atoms with Crippen molar-refractivity contribution in [2.75, 3.05) is 13.1 Å². The molecule has 7 heteroatoms. The van der Waals surface area contributed by atoms with Gasteiger partial charge in [0.2, 0.25) is 5.82 Å². The van der Waals surface area contributed by atoms with E-state index < -0.39 is 18.3 Å². The largest absolute Gasteiger partial charge is 0.330 e. The number of rotatable bonds is 2. The van der Waals surface area contributed by atoms with Crippen molar-refractivity contribution >= 4 is 5.91 Å². The summed E-state index contributed by atoms with van der Waals surface area (Å²) < 4.78 is 28.5. The molecule has 1 aromatic heterocycles. The predicted octanol–water partition coefficient (Wildman–Crippen LogP) is 2.08. The summed E-state index contributed by atoms with van der Waals surface area (Å²) in [5, 5.41) is 4.18. The van der Waals surface area contributed by atoms with Crippen LogP contribution in [0.3, 0.4) is 0 Å². The van der Waals surface area contributed by atoms with E-state index in [4.69, 9.17) is 0 Å². The van der Waals surface area contributed by atoms with Gasteiger partial charge in [-0.25, -0.2) is 18.4 Å². The van der Waals surface area contributed by atoms with Crippen LogP contribution < -0.4 is 0 Å². The Kier molecular flexibility index (Phi) is 2.95. The average molecular weight is 304 g/mol. The number of aromatic nitrogens is 3. The zero-order valence-electron chi connectivity index (χ0n) is 11.7. The van der Waals surface area contributed by atoms with Crippen molar-refractivity contribution in [1.82, 2.24) is 19.7 Å². The van der Waals surface area contributed by atoms with Crippen LogP contribution in [0.4, 0.5) is 8.78 Å². The molecule has 2 aromatic rings. The first-order valence-corrected chi connectivity index (χ1v) is 7.22. The molecule has 1 fully saturated rings. The molecule has 0 bridgehead atoms. The minimum atomic E-state index is -1.25. The molecule has 0 unspecified atom stereocenters. The third-order valence-electron chi connectivity index (χ3n) is 4.16. The molecule has 2 aliphatic rings. The highest BCUT2D eigenvalue weighted by molar-refractivity contribution is 5.91. The number of halogens is 2. The molecule has 22 heavy (non-hydrogen) atoms. The highest BCUT2D eigenvalue weighted by Gasteiger charge is 2.39. The second kappa shape index (κ2) is 4.86. The van der Waals surface area contributed by atoms with Gasteiger partial charge >= 0.3 is 0 Å². The number of amides is 1. The Bertz CT molecular complexity index is 712. The Morgan fingerprint density at radius 3 is 2.59 bits per heavy atom. The lowest BCUT2D eigenvalue weighted by molar-refractivity contribution is 0.0388. The molecule has 1 saturated heterocycles. The normalized spacial score (nSPS) is 24.2. The van der Waals surface area contributed by atoms with E-state index in [1.807, 2.05) is 30.3 Å². The maximum Gasteiger partial charge on any atom is 0.293 e. The monoisotopic (exact) mass is 304 g/mol. The zero-order chi connectivity index (χ0) is 15.3. The smallest absolute Gasteiger partial charge is 0.293 e. The van der Waals surface area contributed by atoms with Crippen molar-refractivity contribution in [3.8, 4) is 0 Å². The van der Waals surface area contributed by atoms with Gasteiger partial charge in [0.15, 0.2) is 12.0 Å². The van der Waals surface area contributed by atoms with Gasteiger partial charge in [-0.15, -0.1) is 5.10 Å². The van der Waals surface area contributed by atoms with Crippen LogP contribution in [-0.2, 0) is 0 Å². The van der Waals surface area contributed by atoms with Gasteiger partial charge in [0.25, 0.3) is 5.91 Å². The second-order valence-electron chi connectivity index (χ2n) is 5.68. The van der Waals surface area contributed by atoms with Gasteiger partial charge in [0.05, 0.1) is 19.1 Å². The Morgan fingerprint density at radius 1 is 1.18 bits per heavy atom. The van der Waals surface area contributed by atoms with Crippen LogP contribution >= 0.6 is 0 Å². The van der Waals surface area contributed by atoms with E-state index in [0.717, 1.165) is 5.56 Å². The summed E-state index contributed by atoms with van der Waals surface area (Å²) in [4.78, 5) is 17.5. The van der Waals surface area contributed by atoms with Crippen LogP contribution in [0.5, 0.6) is 0 Å². The minimum Gasteiger partial charge on any atom is -0.330 e. The minimum absolute atomic E-state index is 0.0508. The van der Waals surface area contributed by atoms with Crippen molar-refractivity contribution in [1.29, 1.82) is 0 Å². The SMILES string of the molecule is O=C(c1nc2n(n1)[C@@H](c1ccccc1)C[C@H]2F)N1CC(F)C1. The topological polar surface area (TPSA) is 51.0 Å². The van der Waals surface area contributed by atoms with Crippen LogP contribution in [0.1, 0.15) is 40.6 Å². The molecule has 0 N–H and O–H groups in total. The van der Waals surface area contributed by atoms with E-state index in [0.29, 0.717) is 0 Å². The third-order valence-corrected chi connectivity index (χ3v) is 4.16. The molecule has 3 heterocycles.